The first-order valence-electron chi connectivity index (χ1n) is 5.93. The summed E-state index contributed by atoms with van der Waals surface area (Å²) in [5.41, 5.74) is 1.06. The molecule has 0 aliphatic carbocycles. The molecular formula is C15H8Cl5NO. The maximum Gasteiger partial charge on any atom is 0.155 e. The van der Waals surface area contributed by atoms with Gasteiger partial charge in [0, 0.05) is 11.6 Å². The predicted octanol–water partition coefficient (Wildman–Crippen LogP) is 6.89. The lowest BCUT2D eigenvalue weighted by Gasteiger charge is -2.06. The highest BCUT2D eigenvalue weighted by atomic mass is 35.5. The molecule has 22 heavy (non-hydrogen) atoms. The molecule has 0 bridgehead atoms. The fourth-order valence-corrected chi connectivity index (χ4v) is 2.74. The summed E-state index contributed by atoms with van der Waals surface area (Å²) < 4.78 is 0. The highest BCUT2D eigenvalue weighted by molar-refractivity contribution is 6.55. The molecule has 1 heterocycles. The number of hydrogen-bond donors (Lipinski definition) is 1. The Kier molecular flexibility index (Phi) is 6.01. The topological polar surface area (TPSA) is 33.1 Å². The van der Waals surface area contributed by atoms with Crippen LogP contribution < -0.4 is 0 Å². The molecule has 0 spiro atoms. The third kappa shape index (κ3) is 3.70. The maximum atomic E-state index is 9.20. The molecule has 0 radical (unpaired) electrons. The van der Waals surface area contributed by atoms with Crippen molar-refractivity contribution in [2.75, 3.05) is 0 Å². The maximum absolute atomic E-state index is 9.20. The zero-order valence-electron chi connectivity index (χ0n) is 10.8. The summed E-state index contributed by atoms with van der Waals surface area (Å²) in [5.74, 6) is -0.363. The van der Waals surface area contributed by atoms with Crippen molar-refractivity contribution in [2.45, 2.75) is 0 Å². The normalized spacial score (nSPS) is 10.2. The molecule has 3 rings (SSSR count). The van der Waals surface area contributed by atoms with Gasteiger partial charge in [0.1, 0.15) is 10.0 Å². The lowest BCUT2D eigenvalue weighted by molar-refractivity contribution is 0.476. The van der Waals surface area contributed by atoms with Gasteiger partial charge < -0.3 is 5.11 Å². The van der Waals surface area contributed by atoms with Gasteiger partial charge in [-0.1, -0.05) is 82.3 Å². The van der Waals surface area contributed by atoms with Crippen LogP contribution in [-0.4, -0.2) is 10.1 Å². The van der Waals surface area contributed by atoms with Gasteiger partial charge in [0.2, 0.25) is 0 Å². The van der Waals surface area contributed by atoms with Gasteiger partial charge in [-0.2, -0.15) is 0 Å². The van der Waals surface area contributed by atoms with Crippen molar-refractivity contribution in [3.05, 3.63) is 67.7 Å². The quantitative estimate of drug-likeness (QED) is 0.332. The first-order valence-corrected chi connectivity index (χ1v) is 7.82. The van der Waals surface area contributed by atoms with Crippen LogP contribution in [0.5, 0.6) is 5.75 Å². The third-order valence-electron chi connectivity index (χ3n) is 2.70. The standard InChI is InChI=1S/C9H7N.C6HCl5O/c1-2-6-9-8(4-1)5-3-7-10-9;7-1-2(8)4(10)6(12)5(11)3(1)9/h1-7H;12H. The van der Waals surface area contributed by atoms with Gasteiger partial charge in [0.05, 0.1) is 20.6 Å². The summed E-state index contributed by atoms with van der Waals surface area (Å²) in [4.78, 5) is 4.18. The van der Waals surface area contributed by atoms with Crippen LogP contribution in [-0.2, 0) is 0 Å². The number of halogens is 5. The molecule has 0 amide bonds. The molecule has 0 aliphatic rings. The highest BCUT2D eigenvalue weighted by Crippen LogP contribution is 2.47. The number of benzene rings is 2. The number of phenolic OH excluding ortho intramolecular Hbond substituents is 1. The van der Waals surface area contributed by atoms with Crippen LogP contribution in [0.4, 0.5) is 0 Å². The average molecular weight is 396 g/mol. The van der Waals surface area contributed by atoms with E-state index < -0.39 is 0 Å². The highest BCUT2D eigenvalue weighted by Gasteiger charge is 2.18. The van der Waals surface area contributed by atoms with Crippen LogP contribution in [0.25, 0.3) is 10.9 Å². The first-order chi connectivity index (χ1) is 10.4. The van der Waals surface area contributed by atoms with Gasteiger partial charge in [-0.05, 0) is 12.1 Å². The minimum Gasteiger partial charge on any atom is -0.505 e. The number of pyridine rings is 1. The largest absolute Gasteiger partial charge is 0.505 e. The van der Waals surface area contributed by atoms with Crippen LogP contribution in [0.3, 0.4) is 0 Å². The van der Waals surface area contributed by atoms with E-state index in [0.717, 1.165) is 5.52 Å². The molecule has 3 aromatic rings. The zero-order chi connectivity index (χ0) is 16.3. The Bertz CT molecular complexity index is 652. The van der Waals surface area contributed by atoms with Gasteiger partial charge in [-0.15, -0.1) is 0 Å². The number of phenols is 1. The number of rotatable bonds is 0. The molecule has 2 aromatic carbocycles. The van der Waals surface area contributed by atoms with Crippen molar-refractivity contribution in [3.63, 3.8) is 0 Å². The number of nitrogens with zero attached hydrogens (tertiary/aromatic N) is 1. The Hall–Kier alpha value is -0.900. The Balaban J connectivity index is 0.000000162. The SMILES string of the molecule is Oc1c(Cl)c(Cl)c(Cl)c(Cl)c1Cl.c1ccc2ncccc2c1. The molecular weight excluding hydrogens is 387 g/mol. The number of aromatic hydroxyl groups is 1. The van der Waals surface area contributed by atoms with Crippen LogP contribution in [0.2, 0.25) is 25.1 Å². The Morgan fingerprint density at radius 3 is 1.77 bits per heavy atom. The van der Waals surface area contributed by atoms with Gasteiger partial charge in [0.15, 0.2) is 5.75 Å². The van der Waals surface area contributed by atoms with Crippen molar-refractivity contribution in [1.29, 1.82) is 0 Å². The molecule has 0 fully saturated rings. The Labute approximate surface area is 152 Å². The first kappa shape index (κ1) is 17.5. The van der Waals surface area contributed by atoms with Crippen molar-refractivity contribution >= 4 is 68.9 Å². The zero-order valence-corrected chi connectivity index (χ0v) is 14.6. The summed E-state index contributed by atoms with van der Waals surface area (Å²) in [6, 6.07) is 12.1. The second-order valence-corrected chi connectivity index (χ2v) is 6.00. The summed E-state index contributed by atoms with van der Waals surface area (Å²) in [7, 11) is 0. The van der Waals surface area contributed by atoms with E-state index in [2.05, 4.69) is 17.1 Å². The van der Waals surface area contributed by atoms with Gasteiger partial charge >= 0.3 is 0 Å². The van der Waals surface area contributed by atoms with E-state index in [1.807, 2.05) is 30.5 Å². The average Bonchev–Trinajstić information content (AvgIpc) is 2.57. The number of hydrogen-bond acceptors (Lipinski definition) is 2. The Morgan fingerprint density at radius 1 is 0.682 bits per heavy atom. The number of fused-ring (bicyclic) bond motifs is 1. The summed E-state index contributed by atoms with van der Waals surface area (Å²) in [5, 5.41) is 10.2. The molecule has 7 heteroatoms. The van der Waals surface area contributed by atoms with Crippen LogP contribution in [0.1, 0.15) is 0 Å². The van der Waals surface area contributed by atoms with E-state index in [1.165, 1.54) is 5.39 Å². The van der Waals surface area contributed by atoms with Crippen LogP contribution >= 0.6 is 58.0 Å². The molecule has 1 aromatic heterocycles. The van der Waals surface area contributed by atoms with E-state index in [-0.39, 0.29) is 30.9 Å². The Morgan fingerprint density at radius 2 is 1.18 bits per heavy atom. The fraction of sp³-hybridized carbons (Fsp3) is 0. The van der Waals surface area contributed by atoms with Crippen LogP contribution in [0, 0.1) is 0 Å². The lowest BCUT2D eigenvalue weighted by Crippen LogP contribution is -1.78. The lowest BCUT2D eigenvalue weighted by atomic mass is 10.2. The molecule has 2 nitrogen and oxygen atoms in total. The van der Waals surface area contributed by atoms with Gasteiger partial charge in [-0.25, -0.2) is 0 Å². The second-order valence-electron chi connectivity index (χ2n) is 4.11. The minimum atomic E-state index is -0.363. The van der Waals surface area contributed by atoms with Crippen molar-refractivity contribution in [3.8, 4) is 5.75 Å². The molecule has 0 saturated heterocycles. The minimum absolute atomic E-state index is 0.00904. The van der Waals surface area contributed by atoms with E-state index in [9.17, 15) is 5.11 Å². The van der Waals surface area contributed by atoms with E-state index in [0.29, 0.717) is 0 Å². The van der Waals surface area contributed by atoms with Gasteiger partial charge in [-0.3, -0.25) is 4.98 Å². The molecule has 0 saturated carbocycles. The van der Waals surface area contributed by atoms with Crippen LogP contribution in [0.15, 0.2) is 42.6 Å². The van der Waals surface area contributed by atoms with Crippen molar-refractivity contribution in [2.24, 2.45) is 0 Å². The smallest absolute Gasteiger partial charge is 0.155 e. The van der Waals surface area contributed by atoms with E-state index in [1.54, 1.807) is 0 Å². The fourth-order valence-electron chi connectivity index (χ4n) is 1.61. The molecule has 0 atom stereocenters. The summed E-state index contributed by atoms with van der Waals surface area (Å²) in [6.45, 7) is 0. The monoisotopic (exact) mass is 393 g/mol. The number of aromatic nitrogens is 1. The molecule has 0 aliphatic heterocycles. The predicted molar refractivity (Wildman–Crippen MR) is 94.9 cm³/mol. The van der Waals surface area contributed by atoms with Gasteiger partial charge in [0.25, 0.3) is 0 Å². The van der Waals surface area contributed by atoms with Crippen molar-refractivity contribution in [1.82, 2.24) is 4.98 Å². The molecule has 1 N–H and O–H groups in total. The van der Waals surface area contributed by atoms with Crippen molar-refractivity contribution < 1.29 is 5.11 Å². The second kappa shape index (κ2) is 7.58. The third-order valence-corrected chi connectivity index (χ3v) is 4.96. The molecule has 0 unspecified atom stereocenters. The van der Waals surface area contributed by atoms with E-state index in [4.69, 9.17) is 58.0 Å². The summed E-state index contributed by atoms with van der Waals surface area (Å²) in [6.07, 6.45) is 1.81. The van der Waals surface area contributed by atoms with E-state index >= 15 is 0 Å². The number of para-hydroxylation sites is 1. The molecule has 114 valence electrons. The summed E-state index contributed by atoms with van der Waals surface area (Å²) >= 11 is 27.9.